The van der Waals surface area contributed by atoms with Crippen molar-refractivity contribution in [1.29, 1.82) is 0 Å². The maximum Gasteiger partial charge on any atom is 0.223 e. The number of amides is 1. The lowest BCUT2D eigenvalue weighted by Gasteiger charge is -2.34. The van der Waals surface area contributed by atoms with Gasteiger partial charge in [-0.1, -0.05) is 13.8 Å². The van der Waals surface area contributed by atoms with Crippen LogP contribution in [0.25, 0.3) is 0 Å². The largest absolute Gasteiger partial charge is 0.343 e. The van der Waals surface area contributed by atoms with E-state index in [4.69, 9.17) is 0 Å². The highest BCUT2D eigenvalue weighted by Crippen LogP contribution is 2.18. The van der Waals surface area contributed by atoms with Gasteiger partial charge in [-0.15, -0.1) is 0 Å². The van der Waals surface area contributed by atoms with Gasteiger partial charge in [-0.25, -0.2) is 0 Å². The number of carbonyl (C=O) groups is 1. The fraction of sp³-hybridized carbons (Fsp3) is 0.929. The van der Waals surface area contributed by atoms with Gasteiger partial charge in [0.25, 0.3) is 0 Å². The van der Waals surface area contributed by atoms with Gasteiger partial charge in [0, 0.05) is 32.6 Å². The predicted octanol–water partition coefficient (Wildman–Crippen LogP) is 1.18. The lowest BCUT2D eigenvalue weighted by atomic mass is 9.96. The van der Waals surface area contributed by atoms with Gasteiger partial charge < -0.3 is 15.1 Å². The van der Waals surface area contributed by atoms with Gasteiger partial charge in [0.05, 0.1) is 0 Å². The van der Waals surface area contributed by atoms with Crippen LogP contribution in [-0.4, -0.2) is 62.0 Å². The second-order valence-corrected chi connectivity index (χ2v) is 5.16. The molecule has 0 aromatic heterocycles. The average Bonchev–Trinajstić information content (AvgIpc) is 2.42. The van der Waals surface area contributed by atoms with E-state index in [9.17, 15) is 4.79 Å². The second kappa shape index (κ2) is 8.48. The van der Waals surface area contributed by atoms with Gasteiger partial charge in [-0.05, 0) is 38.9 Å². The van der Waals surface area contributed by atoms with E-state index < -0.39 is 0 Å². The zero-order valence-corrected chi connectivity index (χ0v) is 12.2. The van der Waals surface area contributed by atoms with Crippen LogP contribution in [0.4, 0.5) is 0 Å². The monoisotopic (exact) mass is 255 g/mol. The molecule has 1 N–H and O–H groups in total. The third-order valence-corrected chi connectivity index (χ3v) is 3.97. The van der Waals surface area contributed by atoms with Crippen LogP contribution in [0.2, 0.25) is 0 Å². The Kier molecular flexibility index (Phi) is 7.28. The summed E-state index contributed by atoms with van der Waals surface area (Å²) in [5.74, 6) is 1.09. The summed E-state index contributed by atoms with van der Waals surface area (Å²) in [4.78, 5) is 16.4. The fourth-order valence-corrected chi connectivity index (χ4v) is 2.60. The lowest BCUT2D eigenvalue weighted by Crippen LogP contribution is -2.42. The number of rotatable bonds is 7. The summed E-state index contributed by atoms with van der Waals surface area (Å²) in [5, 5.41) is 3.03. The minimum absolute atomic E-state index is 0.311. The molecular formula is C14H29N3O. The molecule has 0 aromatic rings. The zero-order chi connectivity index (χ0) is 13.4. The molecule has 1 fully saturated rings. The van der Waals surface area contributed by atoms with Crippen molar-refractivity contribution in [2.45, 2.75) is 33.1 Å². The SMILES string of the molecule is CCN(CC)CC1CCN(C(=O)CCNC)CC1. The molecule has 1 amide bonds. The standard InChI is InChI=1S/C14H29N3O/c1-4-16(5-2)12-13-7-10-17(11-8-13)14(18)6-9-15-3/h13,15H,4-12H2,1-3H3. The Morgan fingerprint density at radius 2 is 1.89 bits per heavy atom. The zero-order valence-electron chi connectivity index (χ0n) is 12.2. The van der Waals surface area contributed by atoms with Crippen molar-refractivity contribution in [2.24, 2.45) is 5.92 Å². The van der Waals surface area contributed by atoms with Crippen LogP contribution in [0, 0.1) is 5.92 Å². The first-order valence-electron chi connectivity index (χ1n) is 7.35. The molecule has 0 aromatic carbocycles. The Balaban J connectivity index is 2.25. The first kappa shape index (κ1) is 15.4. The molecule has 106 valence electrons. The molecule has 1 heterocycles. The molecule has 1 saturated heterocycles. The van der Waals surface area contributed by atoms with E-state index in [1.54, 1.807) is 0 Å². The van der Waals surface area contributed by atoms with Gasteiger partial charge >= 0.3 is 0 Å². The maximum absolute atomic E-state index is 11.9. The number of likely N-dealkylation sites (tertiary alicyclic amines) is 1. The molecule has 4 nitrogen and oxygen atoms in total. The topological polar surface area (TPSA) is 35.6 Å². The molecule has 0 aliphatic carbocycles. The first-order valence-corrected chi connectivity index (χ1v) is 7.35. The molecule has 0 radical (unpaired) electrons. The van der Waals surface area contributed by atoms with Crippen LogP contribution in [0.15, 0.2) is 0 Å². The van der Waals surface area contributed by atoms with Gasteiger partial charge in [-0.3, -0.25) is 4.79 Å². The highest BCUT2D eigenvalue weighted by atomic mass is 16.2. The van der Waals surface area contributed by atoms with Crippen molar-refractivity contribution in [3.05, 3.63) is 0 Å². The smallest absolute Gasteiger partial charge is 0.223 e. The van der Waals surface area contributed by atoms with Crippen molar-refractivity contribution < 1.29 is 4.79 Å². The third-order valence-electron chi connectivity index (χ3n) is 3.97. The Hall–Kier alpha value is -0.610. The summed E-state index contributed by atoms with van der Waals surface area (Å²) in [6.07, 6.45) is 2.97. The minimum Gasteiger partial charge on any atom is -0.343 e. The van der Waals surface area contributed by atoms with E-state index in [0.29, 0.717) is 12.3 Å². The van der Waals surface area contributed by atoms with E-state index in [2.05, 4.69) is 24.1 Å². The van der Waals surface area contributed by atoms with Gasteiger partial charge in [0.1, 0.15) is 0 Å². The third kappa shape index (κ3) is 4.94. The molecule has 18 heavy (non-hydrogen) atoms. The van der Waals surface area contributed by atoms with Crippen LogP contribution in [0.5, 0.6) is 0 Å². The van der Waals surface area contributed by atoms with Crippen molar-refractivity contribution in [3.8, 4) is 0 Å². The summed E-state index contributed by atoms with van der Waals surface area (Å²) < 4.78 is 0. The Morgan fingerprint density at radius 1 is 1.28 bits per heavy atom. The van der Waals surface area contributed by atoms with Gasteiger partial charge in [-0.2, -0.15) is 0 Å². The fourth-order valence-electron chi connectivity index (χ4n) is 2.60. The molecular weight excluding hydrogens is 226 g/mol. The van der Waals surface area contributed by atoms with Crippen LogP contribution in [0.3, 0.4) is 0 Å². The summed E-state index contributed by atoms with van der Waals surface area (Å²) in [7, 11) is 1.89. The van der Waals surface area contributed by atoms with E-state index in [0.717, 1.165) is 38.6 Å². The highest BCUT2D eigenvalue weighted by Gasteiger charge is 2.23. The van der Waals surface area contributed by atoms with Crippen molar-refractivity contribution in [2.75, 3.05) is 46.3 Å². The van der Waals surface area contributed by atoms with Crippen molar-refractivity contribution >= 4 is 5.91 Å². The molecule has 0 unspecified atom stereocenters. The number of hydrogen-bond acceptors (Lipinski definition) is 3. The van der Waals surface area contributed by atoms with Crippen molar-refractivity contribution in [3.63, 3.8) is 0 Å². The van der Waals surface area contributed by atoms with E-state index in [1.165, 1.54) is 19.4 Å². The first-order chi connectivity index (χ1) is 8.71. The number of carbonyl (C=O) groups excluding carboxylic acids is 1. The van der Waals surface area contributed by atoms with E-state index in [1.807, 2.05) is 11.9 Å². The van der Waals surface area contributed by atoms with Gasteiger partial charge in [0.2, 0.25) is 5.91 Å². The van der Waals surface area contributed by atoms with Crippen LogP contribution in [-0.2, 0) is 4.79 Å². The highest BCUT2D eigenvalue weighted by molar-refractivity contribution is 5.76. The number of nitrogens with zero attached hydrogens (tertiary/aromatic N) is 2. The molecule has 1 rings (SSSR count). The van der Waals surface area contributed by atoms with Gasteiger partial charge in [0.15, 0.2) is 0 Å². The Morgan fingerprint density at radius 3 is 2.39 bits per heavy atom. The summed E-state index contributed by atoms with van der Waals surface area (Å²) >= 11 is 0. The van der Waals surface area contributed by atoms with Crippen molar-refractivity contribution in [1.82, 2.24) is 15.1 Å². The van der Waals surface area contributed by atoms with E-state index >= 15 is 0 Å². The number of piperidine rings is 1. The molecule has 0 spiro atoms. The second-order valence-electron chi connectivity index (χ2n) is 5.16. The van der Waals surface area contributed by atoms with Crippen LogP contribution < -0.4 is 5.32 Å². The molecule has 0 atom stereocenters. The molecule has 0 saturated carbocycles. The molecule has 4 heteroatoms. The number of hydrogen-bond donors (Lipinski definition) is 1. The molecule has 0 bridgehead atoms. The minimum atomic E-state index is 0.311. The summed E-state index contributed by atoms with van der Waals surface area (Å²) in [6, 6.07) is 0. The average molecular weight is 255 g/mol. The summed E-state index contributed by atoms with van der Waals surface area (Å²) in [5.41, 5.74) is 0. The van der Waals surface area contributed by atoms with Crippen LogP contribution >= 0.6 is 0 Å². The molecule has 1 aliphatic heterocycles. The molecule has 1 aliphatic rings. The summed E-state index contributed by atoms with van der Waals surface area (Å²) in [6.45, 7) is 10.6. The Bertz CT molecular complexity index is 233. The van der Waals surface area contributed by atoms with Crippen LogP contribution in [0.1, 0.15) is 33.1 Å². The van der Waals surface area contributed by atoms with E-state index in [-0.39, 0.29) is 0 Å². The predicted molar refractivity (Wildman–Crippen MR) is 75.6 cm³/mol. The normalized spacial score (nSPS) is 17.4. The maximum atomic E-state index is 11.9. The quantitative estimate of drug-likeness (QED) is 0.742. The Labute approximate surface area is 112 Å². The lowest BCUT2D eigenvalue weighted by molar-refractivity contribution is -0.132. The number of nitrogens with one attached hydrogen (secondary N) is 1.